The van der Waals surface area contributed by atoms with Crippen LogP contribution in [0.5, 0.6) is 0 Å². The zero-order chi connectivity index (χ0) is 10.4. The zero-order valence-electron chi connectivity index (χ0n) is 4.88. The van der Waals surface area contributed by atoms with Crippen LogP contribution in [0.15, 0.2) is 0 Å². The van der Waals surface area contributed by atoms with Crippen molar-refractivity contribution in [2.45, 2.75) is 0 Å². The third kappa shape index (κ3) is 58.0. The summed E-state index contributed by atoms with van der Waals surface area (Å²) in [6, 6.07) is 0. The molecule has 0 bridgehead atoms. The number of rotatable bonds is 2. The van der Waals surface area contributed by atoms with E-state index in [4.69, 9.17) is 17.5 Å². The maximum absolute atomic E-state index is 9.22. The Bertz CT molecular complexity index is 232. The van der Waals surface area contributed by atoms with Gasteiger partial charge in [-0.05, 0) is 0 Å². The van der Waals surface area contributed by atoms with E-state index in [1.165, 1.54) is 0 Å². The van der Waals surface area contributed by atoms with E-state index in [-0.39, 0.29) is 0 Å². The van der Waals surface area contributed by atoms with Crippen LogP contribution in [0, 0.1) is 20.2 Å². The van der Waals surface area contributed by atoms with Crippen LogP contribution in [0.1, 0.15) is 0 Å². The SMILES string of the molecule is O=S(=O)([O-])[O-].O=[N+]([O-])[Pt+2][N+](=O)[O-]. The van der Waals surface area contributed by atoms with Crippen molar-refractivity contribution in [3.05, 3.63) is 20.2 Å². The van der Waals surface area contributed by atoms with Crippen molar-refractivity contribution in [3.8, 4) is 0 Å². The van der Waals surface area contributed by atoms with Crippen LogP contribution in [-0.4, -0.2) is 24.5 Å². The Morgan fingerprint density at radius 3 is 1.17 bits per heavy atom. The van der Waals surface area contributed by atoms with Crippen molar-refractivity contribution in [1.82, 2.24) is 0 Å². The Labute approximate surface area is 74.6 Å². The van der Waals surface area contributed by atoms with E-state index >= 15 is 0 Å². The molecule has 0 aromatic rings. The van der Waals surface area contributed by atoms with Gasteiger partial charge in [-0.2, -0.15) is 0 Å². The van der Waals surface area contributed by atoms with Crippen LogP contribution < -0.4 is 0 Å². The number of hydrogen-bond donors (Lipinski definition) is 0. The average Bonchev–Trinajstić information content (AvgIpc) is 1.52. The molecular weight excluding hydrogens is 383 g/mol. The minimum absolute atomic E-state index is 0.889. The van der Waals surface area contributed by atoms with Crippen molar-refractivity contribution in [2.24, 2.45) is 0 Å². The third-order valence-corrected chi connectivity index (χ3v) is 0.845. The molecule has 0 N–H and O–H groups in total. The quantitative estimate of drug-likeness (QED) is 0.231. The molecule has 0 spiro atoms. The Morgan fingerprint density at radius 2 is 1.17 bits per heavy atom. The van der Waals surface area contributed by atoms with Gasteiger partial charge in [0.2, 0.25) is 0 Å². The van der Waals surface area contributed by atoms with Crippen molar-refractivity contribution in [3.63, 3.8) is 0 Å². The molecular formula is N2O8PtS. The fourth-order valence-electron chi connectivity index (χ4n) is 0.0422. The van der Waals surface area contributed by atoms with Gasteiger partial charge in [0.15, 0.2) is 0 Å². The van der Waals surface area contributed by atoms with Crippen LogP contribution in [-0.2, 0) is 29.5 Å². The summed E-state index contributed by atoms with van der Waals surface area (Å²) in [5, 5.41) is 18.4. The molecule has 12 heavy (non-hydrogen) atoms. The maximum atomic E-state index is 9.22. The van der Waals surface area contributed by atoms with Gasteiger partial charge in [0.05, 0.1) is 0 Å². The normalized spacial score (nSPS) is 9.83. The van der Waals surface area contributed by atoms with Gasteiger partial charge in [-0.1, -0.05) is 0 Å². The minimum atomic E-state index is -5.17. The summed E-state index contributed by atoms with van der Waals surface area (Å²) in [4.78, 5) is 18.4. The molecule has 0 saturated carbocycles. The van der Waals surface area contributed by atoms with Crippen LogP contribution in [0.3, 0.4) is 0 Å². The number of nitro groups is 2. The van der Waals surface area contributed by atoms with Crippen LogP contribution in [0.4, 0.5) is 0 Å². The fourth-order valence-corrected chi connectivity index (χ4v) is 0.345. The molecule has 0 unspecified atom stereocenters. The topological polar surface area (TPSA) is 167 Å². The van der Waals surface area contributed by atoms with E-state index in [1.54, 1.807) is 0 Å². The molecule has 12 heteroatoms. The van der Waals surface area contributed by atoms with Gasteiger partial charge < -0.3 is 9.11 Å². The van der Waals surface area contributed by atoms with Gasteiger partial charge in [0, 0.05) is 10.4 Å². The van der Waals surface area contributed by atoms with Gasteiger partial charge in [-0.3, -0.25) is 8.42 Å². The monoisotopic (exact) mass is 383 g/mol. The summed E-state index contributed by atoms with van der Waals surface area (Å²) in [5.41, 5.74) is 0. The molecule has 0 radical (unpaired) electrons. The molecule has 0 aromatic carbocycles. The summed E-state index contributed by atoms with van der Waals surface area (Å²) < 4.78 is 32.3. The summed E-state index contributed by atoms with van der Waals surface area (Å²) in [6.07, 6.45) is 0. The van der Waals surface area contributed by atoms with E-state index in [0.717, 1.165) is 0 Å². The average molecular weight is 383 g/mol. The summed E-state index contributed by atoms with van der Waals surface area (Å²) in [7, 11) is -5.17. The van der Waals surface area contributed by atoms with Gasteiger partial charge in [0.1, 0.15) is 0 Å². The van der Waals surface area contributed by atoms with E-state index in [2.05, 4.69) is 0 Å². The van der Waals surface area contributed by atoms with E-state index in [1.807, 2.05) is 0 Å². The molecule has 0 aliphatic heterocycles. The standard InChI is InChI=1S/2NO2.H2O4S.Pt/c2*2-1-3;1-5(2,3)4;/h;;(H2,1,2,3,4);/q;;;+2/p-2. The number of hydrogen-bond acceptors (Lipinski definition) is 8. The summed E-state index contributed by atoms with van der Waals surface area (Å²) >= 11 is -2.06. The summed E-state index contributed by atoms with van der Waals surface area (Å²) in [5.74, 6) is 0. The van der Waals surface area contributed by atoms with Gasteiger partial charge in [0.25, 0.3) is 0 Å². The molecule has 0 aromatic heterocycles. The van der Waals surface area contributed by atoms with Crippen LogP contribution in [0.25, 0.3) is 0 Å². The van der Waals surface area contributed by atoms with Crippen LogP contribution in [0.2, 0.25) is 0 Å². The Kier molecular flexibility index (Phi) is 6.89. The van der Waals surface area contributed by atoms with Crippen LogP contribution >= 0.6 is 0 Å². The van der Waals surface area contributed by atoms with Crippen molar-refractivity contribution in [2.75, 3.05) is 0 Å². The first kappa shape index (κ1) is 13.9. The Morgan fingerprint density at radius 1 is 1.00 bits per heavy atom. The van der Waals surface area contributed by atoms with Crippen molar-refractivity contribution in [1.29, 1.82) is 0 Å². The van der Waals surface area contributed by atoms with Gasteiger partial charge in [-0.25, -0.2) is 0 Å². The first-order chi connectivity index (χ1) is 5.13. The summed E-state index contributed by atoms with van der Waals surface area (Å²) in [6.45, 7) is 0. The Hall–Kier alpha value is -0.642. The second-order valence-corrected chi connectivity index (χ2v) is 3.78. The predicted molar refractivity (Wildman–Crippen MR) is 24.5 cm³/mol. The fraction of sp³-hybridized carbons (Fsp3) is 0. The molecule has 0 saturated heterocycles. The molecule has 0 aliphatic carbocycles. The van der Waals surface area contributed by atoms with E-state index in [9.17, 15) is 20.2 Å². The molecule has 0 heterocycles. The molecule has 0 atom stereocenters. The second kappa shape index (κ2) is 5.94. The molecule has 0 fully saturated rings. The molecule has 74 valence electrons. The predicted octanol–water partition coefficient (Wildman–Crippen LogP) is -1.89. The van der Waals surface area contributed by atoms with Gasteiger partial charge >= 0.3 is 46.3 Å². The molecule has 10 nitrogen and oxygen atoms in total. The molecule has 0 amide bonds. The first-order valence-corrected chi connectivity index (χ1v) is 5.05. The van der Waals surface area contributed by atoms with E-state index < -0.39 is 36.4 Å². The van der Waals surface area contributed by atoms with E-state index in [0.29, 0.717) is 0 Å². The Balaban J connectivity index is 0. The third-order valence-electron chi connectivity index (χ3n) is 0.103. The van der Waals surface area contributed by atoms with Crippen molar-refractivity contribution >= 4 is 10.4 Å². The second-order valence-electron chi connectivity index (χ2n) is 0.852. The van der Waals surface area contributed by atoms with Crippen molar-refractivity contribution < 1.29 is 43.6 Å². The number of nitrogens with zero attached hydrogens (tertiary/aromatic N) is 2. The molecule has 0 aliphatic rings. The molecule has 0 rings (SSSR count). The first-order valence-electron chi connectivity index (χ1n) is 1.68. The zero-order valence-corrected chi connectivity index (χ0v) is 7.97. The van der Waals surface area contributed by atoms with Gasteiger partial charge in [-0.15, -0.1) is 0 Å².